The topological polar surface area (TPSA) is 66.5 Å². The molecular formula is C17H19FN2O3S. The average molecular weight is 350 g/mol. The molecule has 0 unspecified atom stereocenters. The van der Waals surface area contributed by atoms with Gasteiger partial charge in [-0.15, -0.1) is 0 Å². The third kappa shape index (κ3) is 5.34. The van der Waals surface area contributed by atoms with Crippen LogP contribution in [0.5, 0.6) is 0 Å². The Morgan fingerprint density at radius 1 is 1.08 bits per heavy atom. The van der Waals surface area contributed by atoms with Gasteiger partial charge < -0.3 is 5.32 Å². The fraction of sp³-hybridized carbons (Fsp3) is 0.235. The SMILES string of the molecule is CS(=O)(=O)N(CCNC(=O)Cc1ccc(F)cc1)c1ccccc1. The molecule has 0 fully saturated rings. The summed E-state index contributed by atoms with van der Waals surface area (Å²) in [5.74, 6) is -0.603. The first-order chi connectivity index (χ1) is 11.4. The van der Waals surface area contributed by atoms with Crippen molar-refractivity contribution in [1.29, 1.82) is 0 Å². The summed E-state index contributed by atoms with van der Waals surface area (Å²) in [5.41, 5.74) is 1.24. The second kappa shape index (κ2) is 7.92. The first-order valence-corrected chi connectivity index (χ1v) is 9.25. The monoisotopic (exact) mass is 350 g/mol. The highest BCUT2D eigenvalue weighted by atomic mass is 32.2. The third-order valence-corrected chi connectivity index (χ3v) is 4.55. The van der Waals surface area contributed by atoms with Crippen LogP contribution in [0.4, 0.5) is 10.1 Å². The van der Waals surface area contributed by atoms with E-state index in [4.69, 9.17) is 0 Å². The third-order valence-electron chi connectivity index (χ3n) is 3.36. The van der Waals surface area contributed by atoms with Crippen LogP contribution in [-0.2, 0) is 21.2 Å². The summed E-state index contributed by atoms with van der Waals surface area (Å²) >= 11 is 0. The van der Waals surface area contributed by atoms with E-state index in [1.54, 1.807) is 42.5 Å². The lowest BCUT2D eigenvalue weighted by molar-refractivity contribution is -0.120. The molecule has 2 aromatic carbocycles. The fourth-order valence-electron chi connectivity index (χ4n) is 2.23. The van der Waals surface area contributed by atoms with Crippen molar-refractivity contribution >= 4 is 21.6 Å². The Hall–Kier alpha value is -2.41. The van der Waals surface area contributed by atoms with Crippen LogP contribution >= 0.6 is 0 Å². The quantitative estimate of drug-likeness (QED) is 0.830. The maximum Gasteiger partial charge on any atom is 0.232 e. The number of amides is 1. The summed E-state index contributed by atoms with van der Waals surface area (Å²) in [5, 5.41) is 2.68. The van der Waals surface area contributed by atoms with Crippen molar-refractivity contribution in [3.8, 4) is 0 Å². The number of carbonyl (C=O) groups excluding carboxylic acids is 1. The van der Waals surface area contributed by atoms with Gasteiger partial charge in [-0.3, -0.25) is 9.10 Å². The van der Waals surface area contributed by atoms with Crippen LogP contribution in [0.25, 0.3) is 0 Å². The molecule has 0 bridgehead atoms. The van der Waals surface area contributed by atoms with Crippen LogP contribution in [0.2, 0.25) is 0 Å². The number of rotatable bonds is 7. The molecule has 1 amide bonds. The van der Waals surface area contributed by atoms with E-state index in [2.05, 4.69) is 5.32 Å². The molecule has 0 aromatic heterocycles. The number of nitrogens with one attached hydrogen (secondary N) is 1. The largest absolute Gasteiger partial charge is 0.354 e. The van der Waals surface area contributed by atoms with Gasteiger partial charge in [0.2, 0.25) is 15.9 Å². The van der Waals surface area contributed by atoms with Crippen molar-refractivity contribution in [1.82, 2.24) is 5.32 Å². The summed E-state index contributed by atoms with van der Waals surface area (Å²) < 4.78 is 37.9. The Labute approximate surface area is 141 Å². The molecule has 0 aliphatic carbocycles. The fourth-order valence-corrected chi connectivity index (χ4v) is 3.16. The number of benzene rings is 2. The number of anilines is 1. The standard InChI is InChI=1S/C17H19FN2O3S/c1-24(22,23)20(16-5-3-2-4-6-16)12-11-19-17(21)13-14-7-9-15(18)10-8-14/h2-10H,11-13H2,1H3,(H,19,21). The molecule has 5 nitrogen and oxygen atoms in total. The zero-order chi connectivity index (χ0) is 17.6. The Bertz CT molecular complexity index is 777. The molecule has 1 N–H and O–H groups in total. The van der Waals surface area contributed by atoms with Gasteiger partial charge >= 0.3 is 0 Å². The van der Waals surface area contributed by atoms with E-state index in [0.717, 1.165) is 6.26 Å². The predicted octanol–water partition coefficient (Wildman–Crippen LogP) is 1.95. The van der Waals surface area contributed by atoms with Gasteiger partial charge in [-0.2, -0.15) is 0 Å². The molecule has 2 aromatic rings. The molecule has 7 heteroatoms. The molecule has 2 rings (SSSR count). The van der Waals surface area contributed by atoms with Gasteiger partial charge in [0, 0.05) is 6.54 Å². The maximum absolute atomic E-state index is 12.8. The lowest BCUT2D eigenvalue weighted by Gasteiger charge is -2.22. The van der Waals surface area contributed by atoms with Crippen LogP contribution in [0.1, 0.15) is 5.56 Å². The van der Waals surface area contributed by atoms with Crippen molar-refractivity contribution in [2.24, 2.45) is 0 Å². The van der Waals surface area contributed by atoms with Crippen LogP contribution < -0.4 is 9.62 Å². The second-order valence-electron chi connectivity index (χ2n) is 5.32. The van der Waals surface area contributed by atoms with Gasteiger partial charge in [0.1, 0.15) is 5.82 Å². The number of halogens is 1. The molecule has 0 spiro atoms. The predicted molar refractivity (Wildman–Crippen MR) is 91.7 cm³/mol. The van der Waals surface area contributed by atoms with Gasteiger partial charge in [0.05, 0.1) is 24.9 Å². The zero-order valence-electron chi connectivity index (χ0n) is 13.3. The highest BCUT2D eigenvalue weighted by Crippen LogP contribution is 2.15. The van der Waals surface area contributed by atoms with E-state index >= 15 is 0 Å². The lowest BCUT2D eigenvalue weighted by Crippen LogP contribution is -2.38. The molecule has 128 valence electrons. The summed E-state index contributed by atoms with van der Waals surface area (Å²) in [6, 6.07) is 14.4. The number of hydrogen-bond donors (Lipinski definition) is 1. The Morgan fingerprint density at radius 3 is 2.29 bits per heavy atom. The molecule has 0 aliphatic rings. The normalized spacial score (nSPS) is 11.1. The first-order valence-electron chi connectivity index (χ1n) is 7.40. The first kappa shape index (κ1) is 17.9. The van der Waals surface area contributed by atoms with Gasteiger partial charge in [0.15, 0.2) is 0 Å². The van der Waals surface area contributed by atoms with E-state index in [9.17, 15) is 17.6 Å². The number of para-hydroxylation sites is 1. The number of carbonyl (C=O) groups is 1. The molecule has 0 radical (unpaired) electrons. The lowest BCUT2D eigenvalue weighted by atomic mass is 10.1. The van der Waals surface area contributed by atoms with Crippen LogP contribution in [0.3, 0.4) is 0 Å². The second-order valence-corrected chi connectivity index (χ2v) is 7.23. The van der Waals surface area contributed by atoms with Crippen molar-refractivity contribution in [3.63, 3.8) is 0 Å². The van der Waals surface area contributed by atoms with Gasteiger partial charge in [0.25, 0.3) is 0 Å². The van der Waals surface area contributed by atoms with Crippen molar-refractivity contribution in [2.75, 3.05) is 23.7 Å². The van der Waals surface area contributed by atoms with Gasteiger partial charge in [-0.05, 0) is 29.8 Å². The summed E-state index contributed by atoms with van der Waals surface area (Å²) in [6.07, 6.45) is 1.24. The van der Waals surface area contributed by atoms with Crippen LogP contribution in [-0.4, -0.2) is 33.7 Å². The summed E-state index contributed by atoms with van der Waals surface area (Å²) in [7, 11) is -3.44. The molecule has 0 aliphatic heterocycles. The van der Waals surface area contributed by atoms with E-state index in [1.807, 2.05) is 0 Å². The minimum absolute atomic E-state index is 0.116. The van der Waals surface area contributed by atoms with Crippen molar-refractivity contribution in [2.45, 2.75) is 6.42 Å². The molecule has 0 heterocycles. The molecular weight excluding hydrogens is 331 g/mol. The van der Waals surface area contributed by atoms with Crippen LogP contribution in [0, 0.1) is 5.82 Å². The van der Waals surface area contributed by atoms with Crippen LogP contribution in [0.15, 0.2) is 54.6 Å². The van der Waals surface area contributed by atoms with E-state index in [-0.39, 0.29) is 31.2 Å². The average Bonchev–Trinajstić information content (AvgIpc) is 2.53. The minimum atomic E-state index is -3.44. The molecule has 24 heavy (non-hydrogen) atoms. The van der Waals surface area contributed by atoms with Crippen molar-refractivity contribution < 1.29 is 17.6 Å². The van der Waals surface area contributed by atoms with E-state index in [0.29, 0.717) is 11.3 Å². The number of sulfonamides is 1. The summed E-state index contributed by atoms with van der Waals surface area (Å²) in [4.78, 5) is 11.9. The molecule has 0 saturated carbocycles. The highest BCUT2D eigenvalue weighted by molar-refractivity contribution is 7.92. The molecule has 0 saturated heterocycles. The van der Waals surface area contributed by atoms with E-state index < -0.39 is 10.0 Å². The Kier molecular flexibility index (Phi) is 5.92. The minimum Gasteiger partial charge on any atom is -0.354 e. The Balaban J connectivity index is 1.91. The van der Waals surface area contributed by atoms with Gasteiger partial charge in [-0.25, -0.2) is 12.8 Å². The Morgan fingerprint density at radius 2 is 1.71 bits per heavy atom. The number of nitrogens with zero attached hydrogens (tertiary/aromatic N) is 1. The van der Waals surface area contributed by atoms with Crippen molar-refractivity contribution in [3.05, 3.63) is 66.0 Å². The number of hydrogen-bond acceptors (Lipinski definition) is 3. The smallest absolute Gasteiger partial charge is 0.232 e. The van der Waals surface area contributed by atoms with Gasteiger partial charge in [-0.1, -0.05) is 30.3 Å². The molecule has 0 atom stereocenters. The maximum atomic E-state index is 12.8. The summed E-state index contributed by atoms with van der Waals surface area (Å²) in [6.45, 7) is 0.319. The van der Waals surface area contributed by atoms with E-state index in [1.165, 1.54) is 16.4 Å². The highest BCUT2D eigenvalue weighted by Gasteiger charge is 2.16. The zero-order valence-corrected chi connectivity index (χ0v) is 14.1.